The second kappa shape index (κ2) is 10.8. The Morgan fingerprint density at radius 3 is 2.39 bits per heavy atom. The van der Waals surface area contributed by atoms with Crippen LogP contribution in [-0.2, 0) is 4.79 Å². The fourth-order valence-corrected chi connectivity index (χ4v) is 3.12. The molecule has 1 heterocycles. The van der Waals surface area contributed by atoms with E-state index < -0.39 is 6.61 Å². The second-order valence-corrected chi connectivity index (χ2v) is 6.52. The largest absolute Gasteiger partial charge is 0.435 e. The van der Waals surface area contributed by atoms with E-state index in [9.17, 15) is 18.4 Å². The van der Waals surface area contributed by atoms with Crippen LogP contribution in [-0.4, -0.2) is 79.1 Å². The smallest absolute Gasteiger partial charge is 0.387 e. The lowest BCUT2D eigenvalue weighted by Crippen LogP contribution is -2.42. The van der Waals surface area contributed by atoms with Gasteiger partial charge in [-0.3, -0.25) is 9.69 Å². The topological polar surface area (TPSA) is 65.1 Å². The normalized spacial score (nSPS) is 15.2. The Labute approximate surface area is 164 Å². The van der Waals surface area contributed by atoms with Gasteiger partial charge in [0.25, 0.3) is 0 Å². The molecule has 156 valence electrons. The fraction of sp³-hybridized carbons (Fsp3) is 0.579. The summed E-state index contributed by atoms with van der Waals surface area (Å²) < 4.78 is 28.7. The van der Waals surface area contributed by atoms with Gasteiger partial charge in [0.1, 0.15) is 5.75 Å². The Morgan fingerprint density at radius 2 is 1.79 bits per heavy atom. The highest BCUT2D eigenvalue weighted by Gasteiger charge is 2.21. The van der Waals surface area contributed by atoms with Gasteiger partial charge in [0, 0.05) is 45.0 Å². The van der Waals surface area contributed by atoms with E-state index in [4.69, 9.17) is 0 Å². The fourth-order valence-electron chi connectivity index (χ4n) is 3.12. The van der Waals surface area contributed by atoms with Crippen molar-refractivity contribution >= 4 is 17.6 Å². The summed E-state index contributed by atoms with van der Waals surface area (Å²) >= 11 is 0. The molecule has 1 saturated heterocycles. The van der Waals surface area contributed by atoms with E-state index in [-0.39, 0.29) is 17.7 Å². The molecule has 1 fully saturated rings. The average molecular weight is 398 g/mol. The maximum atomic E-state index is 12.5. The van der Waals surface area contributed by atoms with Gasteiger partial charge in [-0.2, -0.15) is 8.78 Å². The number of benzene rings is 1. The summed E-state index contributed by atoms with van der Waals surface area (Å²) in [6.45, 7) is 5.29. The van der Waals surface area contributed by atoms with Crippen LogP contribution in [0.4, 0.5) is 19.3 Å². The number of anilines is 1. The monoisotopic (exact) mass is 398 g/mol. The van der Waals surface area contributed by atoms with Crippen LogP contribution in [0.1, 0.15) is 20.3 Å². The first-order valence-electron chi connectivity index (χ1n) is 9.53. The van der Waals surface area contributed by atoms with E-state index in [2.05, 4.69) is 15.0 Å². The Hall–Kier alpha value is -2.42. The van der Waals surface area contributed by atoms with Gasteiger partial charge < -0.3 is 19.9 Å². The molecule has 1 aromatic rings. The highest BCUT2D eigenvalue weighted by molar-refractivity contribution is 5.89. The van der Waals surface area contributed by atoms with Crippen molar-refractivity contribution in [2.24, 2.45) is 0 Å². The minimum atomic E-state index is -2.88. The number of carbonyl (C=O) groups is 2. The molecule has 7 nitrogen and oxygen atoms in total. The van der Waals surface area contributed by atoms with Crippen LogP contribution >= 0.6 is 0 Å². The van der Waals surface area contributed by atoms with Crippen molar-refractivity contribution in [1.29, 1.82) is 0 Å². The highest BCUT2D eigenvalue weighted by Crippen LogP contribution is 2.18. The van der Waals surface area contributed by atoms with Crippen LogP contribution in [0.2, 0.25) is 0 Å². The first-order valence-corrected chi connectivity index (χ1v) is 9.53. The Kier molecular flexibility index (Phi) is 8.43. The summed E-state index contributed by atoms with van der Waals surface area (Å²) in [7, 11) is 0. The van der Waals surface area contributed by atoms with Gasteiger partial charge in [-0.05, 0) is 44.5 Å². The van der Waals surface area contributed by atoms with Gasteiger partial charge in [0.15, 0.2) is 0 Å². The maximum Gasteiger partial charge on any atom is 0.387 e. The van der Waals surface area contributed by atoms with E-state index in [1.165, 1.54) is 24.3 Å². The third-order valence-corrected chi connectivity index (χ3v) is 4.68. The van der Waals surface area contributed by atoms with Crippen molar-refractivity contribution in [3.05, 3.63) is 24.3 Å². The number of halogens is 2. The minimum Gasteiger partial charge on any atom is -0.435 e. The van der Waals surface area contributed by atoms with Crippen molar-refractivity contribution in [3.8, 4) is 5.75 Å². The average Bonchev–Trinajstić information content (AvgIpc) is 2.89. The number of nitrogens with one attached hydrogen (secondary N) is 1. The molecule has 9 heteroatoms. The zero-order valence-corrected chi connectivity index (χ0v) is 16.4. The zero-order chi connectivity index (χ0) is 20.5. The van der Waals surface area contributed by atoms with Crippen LogP contribution < -0.4 is 10.1 Å². The van der Waals surface area contributed by atoms with Crippen molar-refractivity contribution < 1.29 is 23.1 Å². The van der Waals surface area contributed by atoms with E-state index in [1.54, 1.807) is 9.80 Å². The van der Waals surface area contributed by atoms with E-state index in [1.807, 2.05) is 13.8 Å². The lowest BCUT2D eigenvalue weighted by atomic mass is 10.3. The quantitative estimate of drug-likeness (QED) is 0.767. The number of alkyl halides is 2. The number of hydrogen-bond acceptors (Lipinski definition) is 4. The predicted molar refractivity (Wildman–Crippen MR) is 103 cm³/mol. The summed E-state index contributed by atoms with van der Waals surface area (Å²) in [5, 5.41) is 2.76. The number of carbonyl (C=O) groups excluding carboxylic acids is 2. The predicted octanol–water partition coefficient (Wildman–Crippen LogP) is 2.70. The number of hydrogen-bond donors (Lipinski definition) is 1. The third-order valence-electron chi connectivity index (χ3n) is 4.68. The van der Waals surface area contributed by atoms with Crippen molar-refractivity contribution in [3.63, 3.8) is 0 Å². The Morgan fingerprint density at radius 1 is 1.11 bits per heavy atom. The molecule has 0 bridgehead atoms. The molecule has 0 aromatic heterocycles. The molecular weight excluding hydrogens is 370 g/mol. The van der Waals surface area contributed by atoms with Crippen LogP contribution in [0.5, 0.6) is 5.75 Å². The van der Waals surface area contributed by atoms with Crippen molar-refractivity contribution in [2.75, 3.05) is 51.1 Å². The summed E-state index contributed by atoms with van der Waals surface area (Å²) in [5.74, 6) is 0.144. The molecule has 0 unspecified atom stereocenters. The number of urea groups is 1. The lowest BCUT2D eigenvalue weighted by Gasteiger charge is -2.25. The number of likely N-dealkylation sites (N-methyl/N-ethyl adjacent to an activating group) is 1. The van der Waals surface area contributed by atoms with Crippen LogP contribution in [0.3, 0.4) is 0 Å². The zero-order valence-electron chi connectivity index (χ0n) is 16.4. The van der Waals surface area contributed by atoms with Crippen LogP contribution in [0, 0.1) is 0 Å². The van der Waals surface area contributed by atoms with Crippen LogP contribution in [0.25, 0.3) is 0 Å². The molecule has 0 spiro atoms. The van der Waals surface area contributed by atoms with Gasteiger partial charge >= 0.3 is 12.6 Å². The lowest BCUT2D eigenvalue weighted by molar-refractivity contribution is -0.132. The summed E-state index contributed by atoms with van der Waals surface area (Å²) in [6.07, 6.45) is 0.778. The molecule has 1 aliphatic rings. The second-order valence-electron chi connectivity index (χ2n) is 6.52. The molecule has 2 rings (SSSR count). The number of rotatable bonds is 7. The molecule has 1 aliphatic heterocycles. The minimum absolute atomic E-state index is 0.0382. The summed E-state index contributed by atoms with van der Waals surface area (Å²) in [4.78, 5) is 30.3. The van der Waals surface area contributed by atoms with Gasteiger partial charge in [-0.1, -0.05) is 0 Å². The van der Waals surface area contributed by atoms with Crippen molar-refractivity contribution in [2.45, 2.75) is 26.9 Å². The maximum absolute atomic E-state index is 12.5. The first kappa shape index (κ1) is 21.9. The van der Waals surface area contributed by atoms with E-state index >= 15 is 0 Å². The van der Waals surface area contributed by atoms with Gasteiger partial charge in [-0.25, -0.2) is 4.79 Å². The SMILES string of the molecule is CCN(CC)C(=O)CN1CCCN(C(=O)Nc2ccc(OC(F)F)cc2)CC1. The molecule has 3 amide bonds. The molecule has 1 aromatic carbocycles. The highest BCUT2D eigenvalue weighted by atomic mass is 19.3. The van der Waals surface area contributed by atoms with Gasteiger partial charge in [0.2, 0.25) is 5.91 Å². The van der Waals surface area contributed by atoms with Crippen LogP contribution in [0.15, 0.2) is 24.3 Å². The number of nitrogens with zero attached hydrogens (tertiary/aromatic N) is 3. The molecular formula is C19H28F2N4O3. The molecule has 0 saturated carbocycles. The Balaban J connectivity index is 1.84. The van der Waals surface area contributed by atoms with E-state index in [0.29, 0.717) is 45.0 Å². The Bertz CT molecular complexity index is 639. The molecule has 28 heavy (non-hydrogen) atoms. The number of amides is 3. The van der Waals surface area contributed by atoms with Gasteiger partial charge in [-0.15, -0.1) is 0 Å². The summed E-state index contributed by atoms with van der Waals surface area (Å²) in [5.41, 5.74) is 0.504. The summed E-state index contributed by atoms with van der Waals surface area (Å²) in [6, 6.07) is 5.54. The van der Waals surface area contributed by atoms with Gasteiger partial charge in [0.05, 0.1) is 6.54 Å². The molecule has 0 atom stereocenters. The van der Waals surface area contributed by atoms with E-state index in [0.717, 1.165) is 13.0 Å². The molecule has 0 aliphatic carbocycles. The van der Waals surface area contributed by atoms with Crippen molar-refractivity contribution in [1.82, 2.24) is 14.7 Å². The molecule has 1 N–H and O–H groups in total. The standard InChI is InChI=1S/C19H28F2N4O3/c1-3-24(4-2)17(26)14-23-10-5-11-25(13-12-23)19(27)22-15-6-8-16(9-7-15)28-18(20)21/h6-9,18H,3-5,10-14H2,1-2H3,(H,22,27). The molecule has 0 radical (unpaired) electrons. The third kappa shape index (κ3) is 6.63. The first-order chi connectivity index (χ1) is 13.4. The number of ether oxygens (including phenoxy) is 1.